The minimum Gasteiger partial charge on any atom is -0.328 e. The van der Waals surface area contributed by atoms with Crippen LogP contribution in [-0.4, -0.2) is 14.1 Å². The molecule has 0 N–H and O–H groups in total. The standard InChI is InChI=1S/C25H17Cl2N3O2/c1-29-20-10-6-5-9-18(20)22(31)21-24(29)28-23(17-12-11-16(26)13-19(17)27)30(25(21)32)14-15-7-3-2-4-8-15/h2-13H,14H2,1H3. The fourth-order valence-electron chi connectivity index (χ4n) is 3.98. The predicted molar refractivity (Wildman–Crippen MR) is 130 cm³/mol. The number of aryl methyl sites for hydroxylation is 1. The summed E-state index contributed by atoms with van der Waals surface area (Å²) < 4.78 is 3.27. The van der Waals surface area contributed by atoms with Gasteiger partial charge >= 0.3 is 0 Å². The molecule has 32 heavy (non-hydrogen) atoms. The Hall–Kier alpha value is -3.41. The number of para-hydroxylation sites is 1. The number of halogens is 2. The van der Waals surface area contributed by atoms with Gasteiger partial charge in [0, 0.05) is 23.0 Å². The Morgan fingerprint density at radius 1 is 0.906 bits per heavy atom. The Labute approximate surface area is 193 Å². The Kier molecular flexibility index (Phi) is 5.08. The van der Waals surface area contributed by atoms with E-state index < -0.39 is 5.56 Å². The highest BCUT2D eigenvalue weighted by molar-refractivity contribution is 6.36. The van der Waals surface area contributed by atoms with Crippen LogP contribution in [0.25, 0.3) is 33.3 Å². The van der Waals surface area contributed by atoms with Gasteiger partial charge in [-0.15, -0.1) is 0 Å². The molecule has 5 aromatic rings. The second kappa shape index (κ2) is 7.93. The van der Waals surface area contributed by atoms with Crippen molar-refractivity contribution < 1.29 is 0 Å². The number of rotatable bonds is 3. The summed E-state index contributed by atoms with van der Waals surface area (Å²) in [4.78, 5) is 31.9. The Morgan fingerprint density at radius 3 is 2.38 bits per heavy atom. The lowest BCUT2D eigenvalue weighted by molar-refractivity contribution is 0.754. The van der Waals surface area contributed by atoms with Crippen molar-refractivity contribution in [3.63, 3.8) is 0 Å². The quantitative estimate of drug-likeness (QED) is 0.343. The van der Waals surface area contributed by atoms with Gasteiger partial charge in [-0.25, -0.2) is 4.98 Å². The third kappa shape index (κ3) is 3.30. The first kappa shape index (κ1) is 20.5. The van der Waals surface area contributed by atoms with Gasteiger partial charge in [-0.1, -0.05) is 65.7 Å². The Balaban J connectivity index is 1.93. The van der Waals surface area contributed by atoms with E-state index in [4.69, 9.17) is 28.2 Å². The number of hydrogen-bond donors (Lipinski definition) is 0. The van der Waals surface area contributed by atoms with E-state index in [0.717, 1.165) is 5.56 Å². The van der Waals surface area contributed by atoms with Crippen molar-refractivity contribution in [2.45, 2.75) is 6.54 Å². The zero-order valence-corrected chi connectivity index (χ0v) is 18.6. The Morgan fingerprint density at radius 2 is 1.62 bits per heavy atom. The first-order chi connectivity index (χ1) is 15.5. The van der Waals surface area contributed by atoms with Gasteiger partial charge in [-0.05, 0) is 35.9 Å². The molecule has 0 atom stereocenters. The van der Waals surface area contributed by atoms with Crippen LogP contribution < -0.4 is 11.0 Å². The summed E-state index contributed by atoms with van der Waals surface area (Å²) in [5.74, 6) is 0.373. The topological polar surface area (TPSA) is 56.9 Å². The molecule has 0 radical (unpaired) electrons. The molecule has 0 aliphatic heterocycles. The first-order valence-electron chi connectivity index (χ1n) is 9.97. The summed E-state index contributed by atoms with van der Waals surface area (Å²) in [6.07, 6.45) is 0. The molecule has 0 fully saturated rings. The lowest BCUT2D eigenvalue weighted by atomic mass is 10.1. The molecule has 158 valence electrons. The van der Waals surface area contributed by atoms with E-state index in [0.29, 0.717) is 38.0 Å². The fourth-order valence-corrected chi connectivity index (χ4v) is 4.47. The predicted octanol–water partition coefficient (Wildman–Crippen LogP) is 5.27. The van der Waals surface area contributed by atoms with E-state index in [1.165, 1.54) is 4.57 Å². The van der Waals surface area contributed by atoms with Gasteiger partial charge in [-0.3, -0.25) is 14.2 Å². The molecule has 0 saturated heterocycles. The van der Waals surface area contributed by atoms with Crippen LogP contribution in [0, 0.1) is 0 Å². The maximum Gasteiger partial charge on any atom is 0.267 e. The molecule has 0 spiro atoms. The van der Waals surface area contributed by atoms with Crippen LogP contribution in [0.2, 0.25) is 10.0 Å². The third-order valence-corrected chi connectivity index (χ3v) is 6.11. The van der Waals surface area contributed by atoms with Gasteiger partial charge in [0.2, 0.25) is 5.43 Å². The number of hydrogen-bond acceptors (Lipinski definition) is 3. The second-order valence-corrected chi connectivity index (χ2v) is 8.38. The van der Waals surface area contributed by atoms with Crippen LogP contribution in [0.4, 0.5) is 0 Å². The monoisotopic (exact) mass is 461 g/mol. The average molecular weight is 462 g/mol. The van der Waals surface area contributed by atoms with Crippen LogP contribution >= 0.6 is 23.2 Å². The second-order valence-electron chi connectivity index (χ2n) is 7.54. The highest BCUT2D eigenvalue weighted by Crippen LogP contribution is 2.30. The molecule has 0 unspecified atom stereocenters. The molecule has 0 saturated carbocycles. The lowest BCUT2D eigenvalue weighted by Crippen LogP contribution is -2.29. The Bertz CT molecular complexity index is 1620. The molecule has 7 heteroatoms. The summed E-state index contributed by atoms with van der Waals surface area (Å²) >= 11 is 12.6. The van der Waals surface area contributed by atoms with Crippen molar-refractivity contribution in [1.29, 1.82) is 0 Å². The highest BCUT2D eigenvalue weighted by atomic mass is 35.5. The van der Waals surface area contributed by atoms with Gasteiger partial charge in [0.15, 0.2) is 5.65 Å². The number of fused-ring (bicyclic) bond motifs is 2. The number of nitrogens with zero attached hydrogens (tertiary/aromatic N) is 3. The SMILES string of the molecule is Cn1c2ccccc2c(=O)c2c(=O)n(Cc3ccccc3)c(-c3ccc(Cl)cc3Cl)nc21. The summed E-state index contributed by atoms with van der Waals surface area (Å²) in [5.41, 5.74) is 1.73. The molecular formula is C25H17Cl2N3O2. The molecule has 3 aromatic carbocycles. The fraction of sp³-hybridized carbons (Fsp3) is 0.0800. The molecule has 0 amide bonds. The largest absolute Gasteiger partial charge is 0.328 e. The third-order valence-electron chi connectivity index (χ3n) is 5.56. The maximum atomic E-state index is 13.8. The van der Waals surface area contributed by atoms with E-state index in [9.17, 15) is 9.59 Å². The van der Waals surface area contributed by atoms with Crippen LogP contribution in [0.15, 0.2) is 82.4 Å². The molecule has 0 aliphatic rings. The first-order valence-corrected chi connectivity index (χ1v) is 10.7. The molecule has 2 heterocycles. The van der Waals surface area contributed by atoms with Crippen LogP contribution in [0.1, 0.15) is 5.56 Å². The molecule has 0 bridgehead atoms. The number of aromatic nitrogens is 3. The number of pyridine rings is 1. The van der Waals surface area contributed by atoms with E-state index in [1.807, 2.05) is 42.5 Å². The van der Waals surface area contributed by atoms with Crippen molar-refractivity contribution >= 4 is 45.1 Å². The smallest absolute Gasteiger partial charge is 0.267 e. The molecule has 0 aliphatic carbocycles. The van der Waals surface area contributed by atoms with E-state index in [1.54, 1.807) is 41.9 Å². The van der Waals surface area contributed by atoms with Crippen LogP contribution in [-0.2, 0) is 13.6 Å². The van der Waals surface area contributed by atoms with Crippen molar-refractivity contribution in [2.24, 2.45) is 7.05 Å². The van der Waals surface area contributed by atoms with Gasteiger partial charge in [0.25, 0.3) is 5.56 Å². The normalized spacial score (nSPS) is 11.3. The average Bonchev–Trinajstić information content (AvgIpc) is 2.80. The van der Waals surface area contributed by atoms with Crippen molar-refractivity contribution in [3.8, 4) is 11.4 Å². The van der Waals surface area contributed by atoms with Crippen molar-refractivity contribution in [2.75, 3.05) is 0 Å². The zero-order valence-electron chi connectivity index (χ0n) is 17.0. The van der Waals surface area contributed by atoms with Crippen molar-refractivity contribution in [1.82, 2.24) is 14.1 Å². The van der Waals surface area contributed by atoms with E-state index >= 15 is 0 Å². The van der Waals surface area contributed by atoms with Gasteiger partial charge in [-0.2, -0.15) is 0 Å². The van der Waals surface area contributed by atoms with Gasteiger partial charge in [0.05, 0.1) is 17.1 Å². The number of benzene rings is 3. The minimum atomic E-state index is -0.411. The summed E-state index contributed by atoms with van der Waals surface area (Å²) in [7, 11) is 1.80. The molecule has 2 aromatic heterocycles. The van der Waals surface area contributed by atoms with Gasteiger partial charge < -0.3 is 4.57 Å². The molecular weight excluding hydrogens is 445 g/mol. The molecule has 5 nitrogen and oxygen atoms in total. The molecule has 5 rings (SSSR count). The summed E-state index contributed by atoms with van der Waals surface area (Å²) in [5, 5.41) is 1.38. The summed E-state index contributed by atoms with van der Waals surface area (Å²) in [6.45, 7) is 0.243. The van der Waals surface area contributed by atoms with Crippen LogP contribution in [0.3, 0.4) is 0 Å². The van der Waals surface area contributed by atoms with Gasteiger partial charge in [0.1, 0.15) is 11.2 Å². The van der Waals surface area contributed by atoms with E-state index in [-0.39, 0.29) is 17.4 Å². The van der Waals surface area contributed by atoms with Crippen LogP contribution in [0.5, 0.6) is 0 Å². The zero-order chi connectivity index (χ0) is 22.4. The van der Waals surface area contributed by atoms with E-state index in [2.05, 4.69) is 0 Å². The van der Waals surface area contributed by atoms with Crippen molar-refractivity contribution in [3.05, 3.63) is 109 Å². The minimum absolute atomic E-state index is 0.0518. The maximum absolute atomic E-state index is 13.8. The summed E-state index contributed by atoms with van der Waals surface area (Å²) in [6, 6.07) is 21.8. The lowest BCUT2D eigenvalue weighted by Gasteiger charge is -2.17. The highest BCUT2D eigenvalue weighted by Gasteiger charge is 2.20.